The van der Waals surface area contributed by atoms with Gasteiger partial charge in [0.25, 0.3) is 5.91 Å². The number of hydrogen-bond acceptors (Lipinski definition) is 4. The molecule has 0 atom stereocenters. The quantitative estimate of drug-likeness (QED) is 0.639. The van der Waals surface area contributed by atoms with Gasteiger partial charge in [0.15, 0.2) is 0 Å². The van der Waals surface area contributed by atoms with E-state index in [-0.39, 0.29) is 5.91 Å². The minimum absolute atomic E-state index is 0.116. The SMILES string of the molecule is O=C(c1cc(Cl)sc1Cl)N1CCC(=NO)CC1. The molecule has 17 heavy (non-hydrogen) atoms. The van der Waals surface area contributed by atoms with Crippen molar-refractivity contribution in [3.63, 3.8) is 0 Å². The number of carbonyl (C=O) groups is 1. The highest BCUT2D eigenvalue weighted by Crippen LogP contribution is 2.32. The Morgan fingerprint density at radius 1 is 1.41 bits per heavy atom. The van der Waals surface area contributed by atoms with Crippen LogP contribution >= 0.6 is 34.5 Å². The molecule has 1 N–H and O–H groups in total. The zero-order valence-corrected chi connectivity index (χ0v) is 11.1. The van der Waals surface area contributed by atoms with Gasteiger partial charge < -0.3 is 10.1 Å². The van der Waals surface area contributed by atoms with E-state index in [2.05, 4.69) is 5.16 Å². The topological polar surface area (TPSA) is 52.9 Å². The van der Waals surface area contributed by atoms with Crippen LogP contribution in [-0.4, -0.2) is 34.8 Å². The highest BCUT2D eigenvalue weighted by Gasteiger charge is 2.24. The average Bonchev–Trinajstić information content (AvgIpc) is 2.68. The third-order valence-electron chi connectivity index (χ3n) is 2.66. The lowest BCUT2D eigenvalue weighted by molar-refractivity contribution is 0.0754. The molecule has 2 heterocycles. The van der Waals surface area contributed by atoms with E-state index < -0.39 is 0 Å². The van der Waals surface area contributed by atoms with Crippen molar-refractivity contribution < 1.29 is 10.0 Å². The van der Waals surface area contributed by atoms with E-state index in [0.717, 1.165) is 5.71 Å². The van der Waals surface area contributed by atoms with Crippen molar-refractivity contribution in [2.24, 2.45) is 5.16 Å². The smallest absolute Gasteiger partial charge is 0.256 e. The lowest BCUT2D eigenvalue weighted by atomic mass is 10.1. The van der Waals surface area contributed by atoms with Gasteiger partial charge in [-0.2, -0.15) is 0 Å². The molecule has 4 nitrogen and oxygen atoms in total. The molecule has 1 aromatic rings. The number of piperidine rings is 1. The Kier molecular flexibility index (Phi) is 3.91. The monoisotopic (exact) mass is 292 g/mol. The van der Waals surface area contributed by atoms with E-state index >= 15 is 0 Å². The molecule has 0 aromatic carbocycles. The molecule has 0 aliphatic carbocycles. The number of amides is 1. The van der Waals surface area contributed by atoms with Crippen molar-refractivity contribution in [3.8, 4) is 0 Å². The summed E-state index contributed by atoms with van der Waals surface area (Å²) in [5.74, 6) is -0.116. The number of oxime groups is 1. The van der Waals surface area contributed by atoms with Crippen molar-refractivity contribution in [3.05, 3.63) is 20.3 Å². The third kappa shape index (κ3) is 2.73. The molecular weight excluding hydrogens is 283 g/mol. The first kappa shape index (κ1) is 12.7. The molecule has 2 rings (SSSR count). The van der Waals surface area contributed by atoms with E-state index in [1.165, 1.54) is 11.3 Å². The Labute approximate surface area is 112 Å². The Morgan fingerprint density at radius 2 is 2.06 bits per heavy atom. The third-order valence-corrected chi connectivity index (χ3v) is 4.14. The Bertz CT molecular complexity index is 463. The first-order chi connectivity index (χ1) is 8.11. The normalized spacial score (nSPS) is 16.1. The Balaban J connectivity index is 2.09. The first-order valence-corrected chi connectivity index (χ1v) is 6.63. The summed E-state index contributed by atoms with van der Waals surface area (Å²) in [5, 5.41) is 11.8. The standard InChI is InChI=1S/C10H10Cl2N2O2S/c11-8-5-7(9(12)17-8)10(15)14-3-1-6(13-16)2-4-14/h5,16H,1-4H2. The second kappa shape index (κ2) is 5.25. The summed E-state index contributed by atoms with van der Waals surface area (Å²) in [4.78, 5) is 13.8. The minimum Gasteiger partial charge on any atom is -0.411 e. The molecule has 1 saturated heterocycles. The fraction of sp³-hybridized carbons (Fsp3) is 0.400. The maximum atomic E-state index is 12.1. The summed E-state index contributed by atoms with van der Waals surface area (Å²) in [7, 11) is 0. The molecular formula is C10H10Cl2N2O2S. The van der Waals surface area contributed by atoms with Gasteiger partial charge in [0.2, 0.25) is 0 Å². The summed E-state index contributed by atoms with van der Waals surface area (Å²) in [6.07, 6.45) is 1.19. The van der Waals surface area contributed by atoms with Gasteiger partial charge in [-0.1, -0.05) is 28.4 Å². The fourth-order valence-corrected chi connectivity index (χ4v) is 3.17. The van der Waals surface area contributed by atoms with Crippen molar-refractivity contribution in [1.29, 1.82) is 0 Å². The number of halogens is 2. The highest BCUT2D eigenvalue weighted by molar-refractivity contribution is 7.20. The van der Waals surface area contributed by atoms with Crippen molar-refractivity contribution in [2.45, 2.75) is 12.8 Å². The van der Waals surface area contributed by atoms with Crippen LogP contribution in [0.5, 0.6) is 0 Å². The largest absolute Gasteiger partial charge is 0.411 e. The van der Waals surface area contributed by atoms with Crippen LogP contribution in [0.25, 0.3) is 0 Å². The summed E-state index contributed by atoms with van der Waals surface area (Å²) in [5.41, 5.74) is 1.18. The zero-order valence-electron chi connectivity index (χ0n) is 8.82. The van der Waals surface area contributed by atoms with E-state index in [1.54, 1.807) is 11.0 Å². The van der Waals surface area contributed by atoms with Crippen LogP contribution < -0.4 is 0 Å². The Hall–Kier alpha value is -0.780. The molecule has 1 aliphatic rings. The van der Waals surface area contributed by atoms with E-state index in [1.807, 2.05) is 0 Å². The molecule has 1 aromatic heterocycles. The van der Waals surface area contributed by atoms with Crippen LogP contribution in [0.3, 0.4) is 0 Å². The van der Waals surface area contributed by atoms with Crippen molar-refractivity contribution in [2.75, 3.05) is 13.1 Å². The maximum absolute atomic E-state index is 12.1. The van der Waals surface area contributed by atoms with Gasteiger partial charge in [0, 0.05) is 25.9 Å². The predicted octanol–water partition coefficient (Wildman–Crippen LogP) is 3.12. The zero-order chi connectivity index (χ0) is 12.4. The minimum atomic E-state index is -0.116. The van der Waals surface area contributed by atoms with Crippen LogP contribution in [0.4, 0.5) is 0 Å². The van der Waals surface area contributed by atoms with Crippen LogP contribution in [0.2, 0.25) is 8.67 Å². The highest BCUT2D eigenvalue weighted by atomic mass is 35.5. The lowest BCUT2D eigenvalue weighted by Crippen LogP contribution is -2.38. The number of nitrogens with zero attached hydrogens (tertiary/aromatic N) is 2. The number of carbonyl (C=O) groups excluding carboxylic acids is 1. The lowest BCUT2D eigenvalue weighted by Gasteiger charge is -2.26. The first-order valence-electron chi connectivity index (χ1n) is 5.05. The van der Waals surface area contributed by atoms with E-state index in [4.69, 9.17) is 28.4 Å². The molecule has 7 heteroatoms. The number of likely N-dealkylation sites (tertiary alicyclic amines) is 1. The summed E-state index contributed by atoms with van der Waals surface area (Å²) >= 11 is 12.9. The van der Waals surface area contributed by atoms with Crippen molar-refractivity contribution in [1.82, 2.24) is 4.90 Å². The summed E-state index contributed by atoms with van der Waals surface area (Å²) < 4.78 is 0.926. The van der Waals surface area contributed by atoms with Crippen LogP contribution in [0, 0.1) is 0 Å². The predicted molar refractivity (Wildman–Crippen MR) is 68.7 cm³/mol. The van der Waals surface area contributed by atoms with E-state index in [0.29, 0.717) is 40.2 Å². The molecule has 92 valence electrons. The molecule has 0 saturated carbocycles. The second-order valence-corrected chi connectivity index (χ2v) is 5.98. The van der Waals surface area contributed by atoms with Gasteiger partial charge >= 0.3 is 0 Å². The van der Waals surface area contributed by atoms with Gasteiger partial charge in [-0.05, 0) is 6.07 Å². The molecule has 1 fully saturated rings. The number of hydrogen-bond donors (Lipinski definition) is 1. The van der Waals surface area contributed by atoms with Gasteiger partial charge in [-0.25, -0.2) is 0 Å². The van der Waals surface area contributed by atoms with E-state index in [9.17, 15) is 4.79 Å². The van der Waals surface area contributed by atoms with Gasteiger partial charge in [-0.15, -0.1) is 11.3 Å². The molecule has 0 unspecified atom stereocenters. The van der Waals surface area contributed by atoms with Gasteiger partial charge in [0.1, 0.15) is 4.34 Å². The summed E-state index contributed by atoms with van der Waals surface area (Å²) in [6.45, 7) is 1.09. The van der Waals surface area contributed by atoms with Crippen LogP contribution in [-0.2, 0) is 0 Å². The van der Waals surface area contributed by atoms with Crippen LogP contribution in [0.1, 0.15) is 23.2 Å². The average molecular weight is 293 g/mol. The maximum Gasteiger partial charge on any atom is 0.256 e. The molecule has 0 bridgehead atoms. The second-order valence-electron chi connectivity index (χ2n) is 3.70. The molecule has 0 radical (unpaired) electrons. The summed E-state index contributed by atoms with van der Waals surface area (Å²) in [6, 6.07) is 1.59. The fourth-order valence-electron chi connectivity index (χ4n) is 1.72. The molecule has 1 aliphatic heterocycles. The van der Waals surface area contributed by atoms with Crippen molar-refractivity contribution >= 4 is 46.2 Å². The Morgan fingerprint density at radius 3 is 2.53 bits per heavy atom. The van der Waals surface area contributed by atoms with Gasteiger partial charge in [-0.3, -0.25) is 4.79 Å². The molecule has 1 amide bonds. The van der Waals surface area contributed by atoms with Gasteiger partial charge in [0.05, 0.1) is 15.6 Å². The number of thiophene rings is 1. The number of rotatable bonds is 1. The molecule has 0 spiro atoms. The van der Waals surface area contributed by atoms with Crippen LogP contribution in [0.15, 0.2) is 11.2 Å².